The van der Waals surface area contributed by atoms with E-state index in [1.165, 1.54) is 9.36 Å². The van der Waals surface area contributed by atoms with E-state index in [1.807, 2.05) is 72.5 Å². The molecule has 0 spiro atoms. The Balaban J connectivity index is 0.000000983. The molecule has 1 amide bonds. The van der Waals surface area contributed by atoms with E-state index in [1.54, 1.807) is 7.11 Å². The van der Waals surface area contributed by atoms with Crippen molar-refractivity contribution in [3.63, 3.8) is 0 Å². The van der Waals surface area contributed by atoms with Gasteiger partial charge in [-0.2, -0.15) is 9.36 Å². The third kappa shape index (κ3) is 7.27. The number of anilines is 1. The van der Waals surface area contributed by atoms with Crippen molar-refractivity contribution >= 4 is 11.6 Å². The van der Waals surface area contributed by atoms with Crippen LogP contribution in [0.5, 0.6) is 0 Å². The van der Waals surface area contributed by atoms with Crippen LogP contribution in [-0.4, -0.2) is 79.3 Å². The molecule has 13 heteroatoms. The Morgan fingerprint density at radius 1 is 1.13 bits per heavy atom. The maximum atomic E-state index is 13.1. The summed E-state index contributed by atoms with van der Waals surface area (Å²) in [4.78, 5) is 38.6. The summed E-state index contributed by atoms with van der Waals surface area (Å²) in [6, 6.07) is 19.2. The van der Waals surface area contributed by atoms with Crippen molar-refractivity contribution in [2.45, 2.75) is 51.2 Å². The highest BCUT2D eigenvalue weighted by atomic mass is 16.9. The molecule has 0 aliphatic carbocycles. The molecule has 0 saturated carbocycles. The predicted octanol–water partition coefficient (Wildman–Crippen LogP) is 2.39. The monoisotopic (exact) mass is 541 g/mol. The summed E-state index contributed by atoms with van der Waals surface area (Å²) in [6.45, 7) is 6.48. The van der Waals surface area contributed by atoms with Gasteiger partial charge in [0.05, 0.1) is 24.4 Å². The number of piperidine rings is 1. The molecule has 39 heavy (non-hydrogen) atoms. The second-order valence-electron chi connectivity index (χ2n) is 9.39. The van der Waals surface area contributed by atoms with Gasteiger partial charge in [0.25, 0.3) is 5.09 Å². The van der Waals surface area contributed by atoms with Gasteiger partial charge >= 0.3 is 5.69 Å². The van der Waals surface area contributed by atoms with Crippen LogP contribution in [0.2, 0.25) is 0 Å². The summed E-state index contributed by atoms with van der Waals surface area (Å²) in [7, 11) is 1.69. The lowest BCUT2D eigenvalue weighted by atomic mass is 9.84. The second kappa shape index (κ2) is 13.6. The first kappa shape index (κ1) is 29.5. The third-order valence-electron chi connectivity index (χ3n) is 6.88. The number of rotatable bonds is 9. The first-order chi connectivity index (χ1) is 18.7. The van der Waals surface area contributed by atoms with Gasteiger partial charge in [-0.05, 0) is 54.5 Å². The molecule has 1 N–H and O–H groups in total. The van der Waals surface area contributed by atoms with Crippen molar-refractivity contribution in [2.75, 3.05) is 31.7 Å². The highest BCUT2D eigenvalue weighted by Crippen LogP contribution is 2.35. The number of tetrazole rings is 1. The van der Waals surface area contributed by atoms with Crippen LogP contribution in [0, 0.1) is 10.1 Å². The van der Waals surface area contributed by atoms with Crippen LogP contribution in [0.4, 0.5) is 5.69 Å². The van der Waals surface area contributed by atoms with Gasteiger partial charge in [0.1, 0.15) is 0 Å². The molecule has 1 aromatic heterocycles. The normalized spacial score (nSPS) is 15.6. The smallest absolute Gasteiger partial charge is 0.368 e. The summed E-state index contributed by atoms with van der Waals surface area (Å²) in [6.07, 6.45) is 1.98. The average molecular weight is 542 g/mol. The molecule has 1 fully saturated rings. The molecule has 0 radical (unpaired) electrons. The third-order valence-corrected chi connectivity index (χ3v) is 6.88. The lowest BCUT2D eigenvalue weighted by molar-refractivity contribution is -0.742. The SMILES string of the molecule is CCC(=O)N(c1ccccc1)C1(COC)CCN(C(C)Cn2nnn(-c3ccccc3)c2=O)CC1.O=[N+]([O-])O. The maximum Gasteiger partial charge on any atom is 0.368 e. The molecular weight excluding hydrogens is 506 g/mol. The van der Waals surface area contributed by atoms with Gasteiger partial charge in [-0.1, -0.05) is 43.3 Å². The van der Waals surface area contributed by atoms with Gasteiger partial charge in [-0.25, -0.2) is 4.79 Å². The van der Waals surface area contributed by atoms with Crippen LogP contribution in [0.15, 0.2) is 65.5 Å². The number of carbonyl (C=O) groups is 1. The minimum Gasteiger partial charge on any atom is -0.382 e. The number of benzene rings is 2. The molecule has 2 heterocycles. The summed E-state index contributed by atoms with van der Waals surface area (Å²) >= 11 is 0. The van der Waals surface area contributed by atoms with Gasteiger partial charge in [0.2, 0.25) is 5.91 Å². The zero-order valence-corrected chi connectivity index (χ0v) is 22.4. The summed E-state index contributed by atoms with van der Waals surface area (Å²) in [5.74, 6) is 0.0961. The number of methoxy groups -OCH3 is 1. The summed E-state index contributed by atoms with van der Waals surface area (Å²) in [5.41, 5.74) is 0.937. The Labute approximate surface area is 226 Å². The van der Waals surface area contributed by atoms with E-state index >= 15 is 0 Å². The van der Waals surface area contributed by atoms with Crippen LogP contribution in [0.3, 0.4) is 0 Å². The highest BCUT2D eigenvalue weighted by molar-refractivity contribution is 5.94. The molecule has 1 atom stereocenters. The van der Waals surface area contributed by atoms with Crippen LogP contribution in [0.25, 0.3) is 5.69 Å². The first-order valence-electron chi connectivity index (χ1n) is 12.7. The number of likely N-dealkylation sites (tertiary alicyclic amines) is 1. The Kier molecular flexibility index (Phi) is 10.3. The zero-order chi connectivity index (χ0) is 28.4. The van der Waals surface area contributed by atoms with Crippen molar-refractivity contribution in [1.82, 2.24) is 24.7 Å². The van der Waals surface area contributed by atoms with Crippen molar-refractivity contribution in [3.05, 3.63) is 81.3 Å². The largest absolute Gasteiger partial charge is 0.382 e. The van der Waals surface area contributed by atoms with E-state index in [4.69, 9.17) is 20.1 Å². The molecule has 0 bridgehead atoms. The van der Waals surface area contributed by atoms with Crippen molar-refractivity contribution in [3.8, 4) is 5.69 Å². The Bertz CT molecular complexity index is 1250. The zero-order valence-electron chi connectivity index (χ0n) is 22.4. The van der Waals surface area contributed by atoms with Crippen LogP contribution < -0.4 is 10.6 Å². The molecule has 1 saturated heterocycles. The fraction of sp³-hybridized carbons (Fsp3) is 0.462. The van der Waals surface area contributed by atoms with Gasteiger partial charge < -0.3 is 14.8 Å². The number of nitrogens with zero attached hydrogens (tertiary/aromatic N) is 7. The van der Waals surface area contributed by atoms with E-state index in [9.17, 15) is 9.59 Å². The first-order valence-corrected chi connectivity index (χ1v) is 12.7. The Morgan fingerprint density at radius 2 is 1.69 bits per heavy atom. The standard InChI is InChI=1S/C26H34N6O3.HNO3/c1-4-24(33)31(22-11-7-5-8-12-22)26(20-35-3)15-17-29(18-16-26)21(2)19-30-25(34)32(28-27-30)23-13-9-6-10-14-23;2-1(3)4/h5-14,21H,4,15-20H2,1-3H3;(H,2,3,4). The van der Waals surface area contributed by atoms with Gasteiger partial charge in [-0.15, -0.1) is 10.1 Å². The van der Waals surface area contributed by atoms with Crippen molar-refractivity contribution in [1.29, 1.82) is 0 Å². The van der Waals surface area contributed by atoms with Gasteiger partial charge in [0, 0.05) is 38.3 Å². The minimum absolute atomic E-state index is 0.0845. The van der Waals surface area contributed by atoms with Crippen LogP contribution in [0.1, 0.15) is 33.1 Å². The fourth-order valence-electron chi connectivity index (χ4n) is 4.99. The van der Waals surface area contributed by atoms with E-state index in [-0.39, 0.29) is 17.6 Å². The fourth-order valence-corrected chi connectivity index (χ4v) is 4.99. The highest BCUT2D eigenvalue weighted by Gasteiger charge is 2.43. The molecule has 2 aromatic carbocycles. The lowest BCUT2D eigenvalue weighted by Gasteiger charge is -2.49. The molecule has 1 aliphatic rings. The molecule has 210 valence electrons. The van der Waals surface area contributed by atoms with E-state index in [0.29, 0.717) is 25.3 Å². The number of hydrogen-bond donors (Lipinski definition) is 1. The summed E-state index contributed by atoms with van der Waals surface area (Å²) in [5, 5.41) is 21.8. The van der Waals surface area contributed by atoms with Crippen molar-refractivity contribution < 1.29 is 19.8 Å². The Morgan fingerprint density at radius 3 is 2.23 bits per heavy atom. The van der Waals surface area contributed by atoms with Crippen molar-refractivity contribution in [2.24, 2.45) is 0 Å². The number of ether oxygens (including phenoxy) is 1. The average Bonchev–Trinajstić information content (AvgIpc) is 3.29. The Hall–Kier alpha value is -4.10. The topological polar surface area (TPSA) is 149 Å². The van der Waals surface area contributed by atoms with Gasteiger partial charge in [-0.3, -0.25) is 9.69 Å². The molecule has 4 rings (SSSR count). The second-order valence-corrected chi connectivity index (χ2v) is 9.39. The quantitative estimate of drug-likeness (QED) is 0.318. The lowest BCUT2D eigenvalue weighted by Crippen LogP contribution is -2.61. The molecule has 1 aliphatic heterocycles. The van der Waals surface area contributed by atoms with Gasteiger partial charge in [0.15, 0.2) is 0 Å². The molecule has 3 aromatic rings. The molecule has 13 nitrogen and oxygen atoms in total. The molecule has 1 unspecified atom stereocenters. The summed E-state index contributed by atoms with van der Waals surface area (Å²) < 4.78 is 8.40. The van der Waals surface area contributed by atoms with E-state index in [2.05, 4.69) is 22.3 Å². The van der Waals surface area contributed by atoms with E-state index in [0.717, 1.165) is 31.6 Å². The minimum atomic E-state index is -1.50. The number of aromatic nitrogens is 4. The predicted molar refractivity (Wildman–Crippen MR) is 143 cm³/mol. The number of hydrogen-bond acceptors (Lipinski definition) is 8. The van der Waals surface area contributed by atoms with Crippen LogP contribution in [-0.2, 0) is 16.1 Å². The maximum absolute atomic E-state index is 13.1. The number of amides is 1. The molecular formula is C26H35N7O6. The number of carbonyl (C=O) groups excluding carboxylic acids is 1. The number of para-hydroxylation sites is 2. The van der Waals surface area contributed by atoms with Crippen LogP contribution >= 0.6 is 0 Å². The van der Waals surface area contributed by atoms with E-state index < -0.39 is 10.6 Å².